The third kappa shape index (κ3) is 8.29. The van der Waals surface area contributed by atoms with Gasteiger partial charge in [-0.25, -0.2) is 4.98 Å². The highest BCUT2D eigenvalue weighted by molar-refractivity contribution is 6.31. The molecule has 2 heterocycles. The summed E-state index contributed by atoms with van der Waals surface area (Å²) in [6, 6.07) is 6.85. The number of ether oxygens (including phenoxy) is 1. The van der Waals surface area contributed by atoms with Crippen LogP contribution in [-0.2, 0) is 9.53 Å². The number of rotatable bonds is 10. The Morgan fingerprint density at radius 1 is 1.20 bits per heavy atom. The van der Waals surface area contributed by atoms with E-state index in [0.717, 1.165) is 24.0 Å². The van der Waals surface area contributed by atoms with Crippen molar-refractivity contribution in [2.75, 3.05) is 10.6 Å². The first-order chi connectivity index (χ1) is 16.5. The van der Waals surface area contributed by atoms with E-state index in [9.17, 15) is 4.79 Å². The number of aromatic nitrogens is 4. The summed E-state index contributed by atoms with van der Waals surface area (Å²) >= 11 is 6.10. The summed E-state index contributed by atoms with van der Waals surface area (Å²) in [5, 5.41) is 10.7. The highest BCUT2D eigenvalue weighted by atomic mass is 35.5. The van der Waals surface area contributed by atoms with Crippen LogP contribution >= 0.6 is 11.6 Å². The molecule has 3 aromatic rings. The molecule has 0 radical (unpaired) electrons. The van der Waals surface area contributed by atoms with Gasteiger partial charge in [0.2, 0.25) is 23.6 Å². The van der Waals surface area contributed by atoms with Gasteiger partial charge in [0.05, 0.1) is 11.7 Å². The monoisotopic (exact) mass is 500 g/mol. The minimum absolute atomic E-state index is 0.0908. The first-order valence-electron chi connectivity index (χ1n) is 11.7. The molecule has 1 aromatic carbocycles. The maximum atomic E-state index is 12.3. The maximum Gasteiger partial charge on any atom is 0.249 e. The summed E-state index contributed by atoms with van der Waals surface area (Å²) < 4.78 is 11.3. The Labute approximate surface area is 211 Å². The first kappa shape index (κ1) is 26.6. The van der Waals surface area contributed by atoms with Crippen molar-refractivity contribution in [3.63, 3.8) is 0 Å². The molecule has 188 valence electrons. The Balaban J connectivity index is 1.53. The molecular formula is C25H33ClN6O3. The smallest absolute Gasteiger partial charge is 0.249 e. The second kappa shape index (κ2) is 11.6. The van der Waals surface area contributed by atoms with Crippen molar-refractivity contribution in [3.05, 3.63) is 46.9 Å². The quantitative estimate of drug-likeness (QED) is 0.349. The minimum atomic E-state index is -0.347. The third-order valence-corrected chi connectivity index (χ3v) is 5.49. The molecule has 3 rings (SSSR count). The Kier molecular flexibility index (Phi) is 8.80. The molecule has 0 aliphatic heterocycles. The van der Waals surface area contributed by atoms with Gasteiger partial charge < -0.3 is 19.9 Å². The summed E-state index contributed by atoms with van der Waals surface area (Å²) in [7, 11) is 0. The number of aryl methyl sites for hydroxylation is 1. The van der Waals surface area contributed by atoms with E-state index in [1.54, 1.807) is 18.3 Å². The van der Waals surface area contributed by atoms with E-state index in [2.05, 4.69) is 30.7 Å². The van der Waals surface area contributed by atoms with E-state index in [1.165, 1.54) is 0 Å². The highest BCUT2D eigenvalue weighted by Crippen LogP contribution is 2.24. The standard InChI is InChI=1S/C25H33ClN6O3/c1-15-14-18(10-11-19(15)26)22-31-23(35-32-22)17(3)28-24-27-13-12-20(30-24)29-21(33)9-7-8-16(2)34-25(4,5)6/h10-14,16-17H,7-9H2,1-6H3,(H2,27,28,29,30,33). The minimum Gasteiger partial charge on any atom is -0.373 e. The maximum absolute atomic E-state index is 12.3. The number of carbonyl (C=O) groups is 1. The van der Waals surface area contributed by atoms with Crippen LogP contribution in [-0.4, -0.2) is 37.7 Å². The summed E-state index contributed by atoms with van der Waals surface area (Å²) in [5.41, 5.74) is 1.55. The van der Waals surface area contributed by atoms with Crippen molar-refractivity contribution >= 4 is 29.3 Å². The fourth-order valence-corrected chi connectivity index (χ4v) is 3.60. The number of nitrogens with zero attached hydrogens (tertiary/aromatic N) is 4. The van der Waals surface area contributed by atoms with Crippen LogP contribution in [0.1, 0.15) is 71.4 Å². The molecule has 0 saturated heterocycles. The summed E-state index contributed by atoms with van der Waals surface area (Å²) in [5.74, 6) is 1.51. The Bertz CT molecular complexity index is 1140. The lowest BCUT2D eigenvalue weighted by atomic mass is 10.1. The molecule has 2 N–H and O–H groups in total. The van der Waals surface area contributed by atoms with Gasteiger partial charge in [-0.3, -0.25) is 4.79 Å². The largest absolute Gasteiger partial charge is 0.373 e. The van der Waals surface area contributed by atoms with Gasteiger partial charge in [-0.05, 0) is 84.2 Å². The topological polar surface area (TPSA) is 115 Å². The van der Waals surface area contributed by atoms with Gasteiger partial charge in [-0.2, -0.15) is 9.97 Å². The van der Waals surface area contributed by atoms with Crippen LogP contribution in [0.4, 0.5) is 11.8 Å². The van der Waals surface area contributed by atoms with Crippen molar-refractivity contribution < 1.29 is 14.1 Å². The molecule has 9 nitrogen and oxygen atoms in total. The molecule has 0 spiro atoms. The van der Waals surface area contributed by atoms with E-state index < -0.39 is 0 Å². The highest BCUT2D eigenvalue weighted by Gasteiger charge is 2.18. The Morgan fingerprint density at radius 3 is 2.69 bits per heavy atom. The average molecular weight is 501 g/mol. The molecule has 0 aliphatic rings. The van der Waals surface area contributed by atoms with E-state index in [0.29, 0.717) is 34.9 Å². The number of halogens is 1. The molecule has 0 aliphatic carbocycles. The molecule has 0 bridgehead atoms. The summed E-state index contributed by atoms with van der Waals surface area (Å²) in [6.07, 6.45) is 3.58. The van der Waals surface area contributed by atoms with Crippen molar-refractivity contribution in [2.45, 2.75) is 78.6 Å². The number of nitrogens with one attached hydrogen (secondary N) is 2. The van der Waals surface area contributed by atoms with Crippen molar-refractivity contribution in [2.24, 2.45) is 0 Å². The number of carbonyl (C=O) groups excluding carboxylic acids is 1. The predicted octanol–water partition coefficient (Wildman–Crippen LogP) is 5.97. The molecule has 2 unspecified atom stereocenters. The normalized spacial score (nSPS) is 13.3. The zero-order valence-electron chi connectivity index (χ0n) is 21.1. The van der Waals surface area contributed by atoms with Crippen LogP contribution in [0, 0.1) is 6.92 Å². The Morgan fingerprint density at radius 2 is 1.97 bits per heavy atom. The fraction of sp³-hybridized carbons (Fsp3) is 0.480. The van der Waals surface area contributed by atoms with Gasteiger partial charge >= 0.3 is 0 Å². The Hall–Kier alpha value is -3.04. The van der Waals surface area contributed by atoms with E-state index in [4.69, 9.17) is 20.9 Å². The van der Waals surface area contributed by atoms with Crippen LogP contribution in [0.15, 0.2) is 35.0 Å². The van der Waals surface area contributed by atoms with Gasteiger partial charge in [-0.1, -0.05) is 16.8 Å². The lowest BCUT2D eigenvalue weighted by molar-refractivity contribution is -0.116. The predicted molar refractivity (Wildman–Crippen MR) is 136 cm³/mol. The summed E-state index contributed by atoms with van der Waals surface area (Å²) in [4.78, 5) is 25.4. The van der Waals surface area contributed by atoms with Crippen molar-refractivity contribution in [1.82, 2.24) is 20.1 Å². The van der Waals surface area contributed by atoms with Crippen LogP contribution in [0.2, 0.25) is 5.02 Å². The second-order valence-electron chi connectivity index (χ2n) is 9.53. The van der Waals surface area contributed by atoms with Crippen LogP contribution in [0.5, 0.6) is 0 Å². The molecule has 2 atom stereocenters. The van der Waals surface area contributed by atoms with E-state index in [-0.39, 0.29) is 23.7 Å². The average Bonchev–Trinajstić information content (AvgIpc) is 3.25. The van der Waals surface area contributed by atoms with Gasteiger partial charge in [0.15, 0.2) is 0 Å². The number of anilines is 2. The zero-order valence-corrected chi connectivity index (χ0v) is 21.8. The summed E-state index contributed by atoms with van der Waals surface area (Å²) in [6.45, 7) is 11.9. The number of amides is 1. The molecule has 0 fully saturated rings. The first-order valence-corrected chi connectivity index (χ1v) is 12.1. The number of hydrogen-bond acceptors (Lipinski definition) is 8. The SMILES string of the molecule is Cc1cc(-c2noc(C(C)Nc3nccc(NC(=O)CCCC(C)OC(C)(C)C)n3)n2)ccc1Cl. The lowest BCUT2D eigenvalue weighted by Crippen LogP contribution is -2.25. The zero-order chi connectivity index (χ0) is 25.6. The van der Waals surface area contributed by atoms with Crippen LogP contribution in [0.3, 0.4) is 0 Å². The molecule has 35 heavy (non-hydrogen) atoms. The molecule has 10 heteroatoms. The molecular weight excluding hydrogens is 468 g/mol. The van der Waals surface area contributed by atoms with Crippen LogP contribution < -0.4 is 10.6 Å². The van der Waals surface area contributed by atoms with Gasteiger partial charge in [0.1, 0.15) is 11.9 Å². The van der Waals surface area contributed by atoms with Crippen LogP contribution in [0.25, 0.3) is 11.4 Å². The van der Waals surface area contributed by atoms with Gasteiger partial charge in [0, 0.05) is 23.2 Å². The van der Waals surface area contributed by atoms with E-state index >= 15 is 0 Å². The molecule has 1 amide bonds. The van der Waals surface area contributed by atoms with Gasteiger partial charge in [-0.15, -0.1) is 0 Å². The lowest BCUT2D eigenvalue weighted by Gasteiger charge is -2.25. The van der Waals surface area contributed by atoms with Crippen molar-refractivity contribution in [1.29, 1.82) is 0 Å². The number of benzene rings is 1. The van der Waals surface area contributed by atoms with E-state index in [1.807, 2.05) is 53.7 Å². The van der Waals surface area contributed by atoms with Crippen molar-refractivity contribution in [3.8, 4) is 11.4 Å². The third-order valence-electron chi connectivity index (χ3n) is 5.07. The molecule has 2 aromatic heterocycles. The number of hydrogen-bond donors (Lipinski definition) is 2. The second-order valence-corrected chi connectivity index (χ2v) is 9.94. The van der Waals surface area contributed by atoms with Gasteiger partial charge in [0.25, 0.3) is 0 Å². The molecule has 0 saturated carbocycles. The fourth-order valence-electron chi connectivity index (χ4n) is 3.48.